The standard InChI is InChI=1S/C7H4ClNOS/c8-7-5-3-4(10)1-2-6(5)11-9-7/h1-3,10H. The molecule has 0 aliphatic carbocycles. The number of phenolic OH excluding ortho intramolecular Hbond substituents is 1. The second-order valence-corrected chi connectivity index (χ2v) is 3.32. The Morgan fingerprint density at radius 3 is 3.09 bits per heavy atom. The molecule has 0 saturated heterocycles. The maximum Gasteiger partial charge on any atom is 0.150 e. The summed E-state index contributed by atoms with van der Waals surface area (Å²) in [5.41, 5.74) is 0. The summed E-state index contributed by atoms with van der Waals surface area (Å²) in [6, 6.07) is 5.03. The Kier molecular flexibility index (Phi) is 1.47. The first-order valence-corrected chi connectivity index (χ1v) is 4.16. The van der Waals surface area contributed by atoms with E-state index in [0.717, 1.165) is 10.1 Å². The monoisotopic (exact) mass is 185 g/mol. The molecule has 1 aromatic carbocycles. The molecule has 1 heterocycles. The maximum absolute atomic E-state index is 9.09. The van der Waals surface area contributed by atoms with Gasteiger partial charge in [-0.1, -0.05) is 11.6 Å². The highest BCUT2D eigenvalue weighted by molar-refractivity contribution is 7.13. The average Bonchev–Trinajstić information content (AvgIpc) is 2.33. The van der Waals surface area contributed by atoms with Crippen LogP contribution in [0.4, 0.5) is 0 Å². The van der Waals surface area contributed by atoms with Crippen LogP contribution in [0.25, 0.3) is 10.1 Å². The van der Waals surface area contributed by atoms with Gasteiger partial charge in [-0.25, -0.2) is 0 Å². The van der Waals surface area contributed by atoms with E-state index in [2.05, 4.69) is 4.37 Å². The zero-order valence-electron chi connectivity index (χ0n) is 5.41. The number of aromatic hydroxyl groups is 1. The summed E-state index contributed by atoms with van der Waals surface area (Å²) in [5, 5.41) is 10.4. The molecule has 11 heavy (non-hydrogen) atoms. The number of rotatable bonds is 0. The summed E-state index contributed by atoms with van der Waals surface area (Å²) in [7, 11) is 0. The quantitative estimate of drug-likeness (QED) is 0.685. The number of hydrogen-bond donors (Lipinski definition) is 1. The van der Waals surface area contributed by atoms with E-state index < -0.39 is 0 Å². The Labute approximate surface area is 72.2 Å². The molecular weight excluding hydrogens is 182 g/mol. The van der Waals surface area contributed by atoms with Crippen molar-refractivity contribution in [1.82, 2.24) is 4.37 Å². The fourth-order valence-corrected chi connectivity index (χ4v) is 1.87. The van der Waals surface area contributed by atoms with Crippen molar-refractivity contribution in [1.29, 1.82) is 0 Å². The van der Waals surface area contributed by atoms with E-state index in [4.69, 9.17) is 16.7 Å². The molecule has 4 heteroatoms. The average molecular weight is 186 g/mol. The minimum atomic E-state index is 0.222. The molecule has 2 nitrogen and oxygen atoms in total. The van der Waals surface area contributed by atoms with Crippen LogP contribution < -0.4 is 0 Å². The van der Waals surface area contributed by atoms with E-state index in [-0.39, 0.29) is 5.75 Å². The van der Waals surface area contributed by atoms with Gasteiger partial charge in [0.05, 0.1) is 4.70 Å². The first-order chi connectivity index (χ1) is 5.27. The van der Waals surface area contributed by atoms with Crippen molar-refractivity contribution in [3.63, 3.8) is 0 Å². The van der Waals surface area contributed by atoms with Gasteiger partial charge in [-0.3, -0.25) is 0 Å². The highest BCUT2D eigenvalue weighted by Crippen LogP contribution is 2.28. The largest absolute Gasteiger partial charge is 0.508 e. The fraction of sp³-hybridized carbons (Fsp3) is 0. The predicted molar refractivity (Wildman–Crippen MR) is 46.3 cm³/mol. The smallest absolute Gasteiger partial charge is 0.150 e. The van der Waals surface area contributed by atoms with Crippen molar-refractivity contribution < 1.29 is 5.11 Å². The Morgan fingerprint density at radius 2 is 2.27 bits per heavy atom. The summed E-state index contributed by atoms with van der Waals surface area (Å²) in [5.74, 6) is 0.222. The van der Waals surface area contributed by atoms with E-state index in [1.165, 1.54) is 11.5 Å². The van der Waals surface area contributed by atoms with Gasteiger partial charge in [0.15, 0.2) is 5.15 Å². The van der Waals surface area contributed by atoms with Crippen molar-refractivity contribution in [3.05, 3.63) is 23.4 Å². The van der Waals surface area contributed by atoms with Gasteiger partial charge in [0.2, 0.25) is 0 Å². The number of halogens is 1. The third-order valence-electron chi connectivity index (χ3n) is 1.41. The van der Waals surface area contributed by atoms with Crippen LogP contribution >= 0.6 is 23.1 Å². The van der Waals surface area contributed by atoms with Crippen LogP contribution in [-0.2, 0) is 0 Å². The molecule has 0 fully saturated rings. The highest BCUT2D eigenvalue weighted by atomic mass is 35.5. The van der Waals surface area contributed by atoms with Gasteiger partial charge in [-0.05, 0) is 29.7 Å². The lowest BCUT2D eigenvalue weighted by atomic mass is 10.3. The topological polar surface area (TPSA) is 33.1 Å². The fourth-order valence-electron chi connectivity index (χ4n) is 0.897. The molecule has 0 aliphatic rings. The molecular formula is C7H4ClNOS. The molecule has 56 valence electrons. The second kappa shape index (κ2) is 2.36. The van der Waals surface area contributed by atoms with Gasteiger partial charge in [0.25, 0.3) is 0 Å². The number of phenols is 1. The molecule has 1 N–H and O–H groups in total. The van der Waals surface area contributed by atoms with E-state index in [0.29, 0.717) is 5.15 Å². The summed E-state index contributed by atoms with van der Waals surface area (Å²) in [4.78, 5) is 0. The molecule has 2 aromatic rings. The summed E-state index contributed by atoms with van der Waals surface area (Å²) >= 11 is 7.06. The Hall–Kier alpha value is -0.800. The van der Waals surface area contributed by atoms with Crippen molar-refractivity contribution in [2.75, 3.05) is 0 Å². The summed E-state index contributed by atoms with van der Waals surface area (Å²) in [6.45, 7) is 0. The summed E-state index contributed by atoms with van der Waals surface area (Å²) < 4.78 is 4.93. The molecule has 2 rings (SSSR count). The van der Waals surface area contributed by atoms with Crippen molar-refractivity contribution >= 4 is 33.2 Å². The van der Waals surface area contributed by atoms with Crippen LogP contribution in [0.3, 0.4) is 0 Å². The molecule has 0 saturated carbocycles. The van der Waals surface area contributed by atoms with Crippen LogP contribution in [0.15, 0.2) is 18.2 Å². The van der Waals surface area contributed by atoms with Crippen molar-refractivity contribution in [3.8, 4) is 5.75 Å². The van der Waals surface area contributed by atoms with E-state index >= 15 is 0 Å². The van der Waals surface area contributed by atoms with Gasteiger partial charge in [0, 0.05) is 5.39 Å². The van der Waals surface area contributed by atoms with Gasteiger partial charge in [0.1, 0.15) is 5.75 Å². The number of hydrogen-bond acceptors (Lipinski definition) is 3. The zero-order valence-corrected chi connectivity index (χ0v) is 6.99. The number of fused-ring (bicyclic) bond motifs is 1. The van der Waals surface area contributed by atoms with E-state index in [1.54, 1.807) is 18.2 Å². The SMILES string of the molecule is Oc1ccc2snc(Cl)c2c1. The molecule has 0 spiro atoms. The number of benzene rings is 1. The molecule has 0 radical (unpaired) electrons. The minimum absolute atomic E-state index is 0.222. The first-order valence-electron chi connectivity index (χ1n) is 3.01. The maximum atomic E-state index is 9.09. The van der Waals surface area contributed by atoms with Crippen LogP contribution in [0.1, 0.15) is 0 Å². The van der Waals surface area contributed by atoms with E-state index in [9.17, 15) is 0 Å². The van der Waals surface area contributed by atoms with Crippen LogP contribution in [-0.4, -0.2) is 9.48 Å². The second-order valence-electron chi connectivity index (χ2n) is 2.15. The Bertz CT molecular complexity index is 398. The van der Waals surface area contributed by atoms with Crippen molar-refractivity contribution in [2.24, 2.45) is 0 Å². The molecule has 0 unspecified atom stereocenters. The normalized spacial score (nSPS) is 10.6. The van der Waals surface area contributed by atoms with Crippen molar-refractivity contribution in [2.45, 2.75) is 0 Å². The lowest BCUT2D eigenvalue weighted by Crippen LogP contribution is -1.64. The number of nitrogens with zero attached hydrogens (tertiary/aromatic N) is 1. The number of aromatic nitrogens is 1. The first kappa shape index (κ1) is 6.88. The van der Waals surface area contributed by atoms with Gasteiger partial charge in [-0.15, -0.1) is 0 Å². The Morgan fingerprint density at radius 1 is 1.45 bits per heavy atom. The molecule has 0 aliphatic heterocycles. The zero-order chi connectivity index (χ0) is 7.84. The van der Waals surface area contributed by atoms with Gasteiger partial charge >= 0.3 is 0 Å². The minimum Gasteiger partial charge on any atom is -0.508 e. The van der Waals surface area contributed by atoms with Crippen LogP contribution in [0.2, 0.25) is 5.15 Å². The lowest BCUT2D eigenvalue weighted by Gasteiger charge is -1.89. The van der Waals surface area contributed by atoms with Gasteiger partial charge < -0.3 is 5.11 Å². The molecule has 0 atom stereocenters. The van der Waals surface area contributed by atoms with Gasteiger partial charge in [-0.2, -0.15) is 4.37 Å². The molecule has 0 bridgehead atoms. The third kappa shape index (κ3) is 1.06. The van der Waals surface area contributed by atoms with E-state index in [1.807, 2.05) is 0 Å². The molecule has 0 amide bonds. The predicted octanol–water partition coefficient (Wildman–Crippen LogP) is 2.66. The molecule has 1 aromatic heterocycles. The van der Waals surface area contributed by atoms with Crippen LogP contribution in [0, 0.1) is 0 Å². The Balaban J connectivity index is 2.87. The lowest BCUT2D eigenvalue weighted by molar-refractivity contribution is 0.476. The van der Waals surface area contributed by atoms with Crippen LogP contribution in [0.5, 0.6) is 5.75 Å². The summed E-state index contributed by atoms with van der Waals surface area (Å²) in [6.07, 6.45) is 0. The highest BCUT2D eigenvalue weighted by Gasteiger charge is 2.02. The third-order valence-corrected chi connectivity index (χ3v) is 2.62.